The Morgan fingerprint density at radius 3 is 2.43 bits per heavy atom. The second-order valence-electron chi connectivity index (χ2n) is 19.5. The summed E-state index contributed by atoms with van der Waals surface area (Å²) in [5.74, 6) is -3.32. The van der Waals surface area contributed by atoms with Gasteiger partial charge in [0.2, 0.25) is 17.7 Å². The molecule has 3 aliphatic rings. The van der Waals surface area contributed by atoms with Crippen LogP contribution < -0.4 is 10.7 Å². The van der Waals surface area contributed by atoms with Crippen LogP contribution in [0.5, 0.6) is 0 Å². The Morgan fingerprint density at radius 1 is 1.06 bits per heavy atom. The maximum Gasteiger partial charge on any atom is 0.324 e. The molecular weight excluding hydrogens is 885 g/mol. The van der Waals surface area contributed by atoms with Gasteiger partial charge in [-0.15, -0.1) is 0 Å². The Morgan fingerprint density at radius 2 is 1.80 bits per heavy atom. The summed E-state index contributed by atoms with van der Waals surface area (Å²) >= 11 is 0. The average Bonchev–Trinajstić information content (AvgIpc) is 3.94. The van der Waals surface area contributed by atoms with Crippen molar-refractivity contribution < 1.29 is 42.2 Å². The maximum absolute atomic E-state index is 15.0. The van der Waals surface area contributed by atoms with Gasteiger partial charge in [0.25, 0.3) is 12.3 Å². The fraction of sp³-hybridized carbons (Fsp3) is 0.509. The lowest BCUT2D eigenvalue weighted by Gasteiger charge is -2.37. The predicted molar refractivity (Wildman–Crippen MR) is 264 cm³/mol. The van der Waals surface area contributed by atoms with Crippen molar-refractivity contribution in [3.8, 4) is 11.1 Å². The van der Waals surface area contributed by atoms with Gasteiger partial charge in [-0.1, -0.05) is 65.1 Å². The highest BCUT2D eigenvalue weighted by atomic mass is 19.3. The fourth-order valence-corrected chi connectivity index (χ4v) is 10.0. The Kier molecular flexibility index (Phi) is 16.8. The SMILES string of the molecule is C=CC(=O)N1CC[C@H](C(=O)N(C)[C@H](C(=O)N[C@H]2Cc3cc(cc(C(F)F)c3)-c3ccc4c(c3)c(c(/C(C=C)=C(/N=CC)[C@H](C)OC)n4CC)CC(C)(C)COC(=O)[C@@H]3CCCN(N3)C2=O)C(C)C)C1. The van der Waals surface area contributed by atoms with E-state index in [4.69, 9.17) is 14.5 Å². The van der Waals surface area contributed by atoms with Crippen molar-refractivity contribution >= 4 is 52.3 Å². The third kappa shape index (κ3) is 11.4. The number of aliphatic imine (C=N–C) groups is 1. The Hall–Kier alpha value is -6.00. The van der Waals surface area contributed by atoms with Crippen LogP contribution in [0.3, 0.4) is 0 Å². The molecule has 6 rings (SSSR count). The number of aryl methyl sites for hydroxylation is 1. The average molecular weight is 954 g/mol. The van der Waals surface area contributed by atoms with E-state index in [1.165, 1.54) is 35.2 Å². The van der Waals surface area contributed by atoms with Gasteiger partial charge in [-0.2, -0.15) is 0 Å². The van der Waals surface area contributed by atoms with E-state index in [9.17, 15) is 24.0 Å². The molecule has 5 atom stereocenters. The number of ether oxygens (including phenoxy) is 2. The first-order valence-corrected chi connectivity index (χ1v) is 24.0. The van der Waals surface area contributed by atoms with Gasteiger partial charge in [0.15, 0.2) is 0 Å². The summed E-state index contributed by atoms with van der Waals surface area (Å²) in [6.07, 6.45) is 2.89. The number of hydrazine groups is 1. The van der Waals surface area contributed by atoms with E-state index in [1.54, 1.807) is 44.2 Å². The van der Waals surface area contributed by atoms with E-state index in [0.29, 0.717) is 61.2 Å². The molecule has 69 heavy (non-hydrogen) atoms. The molecule has 6 bridgehead atoms. The van der Waals surface area contributed by atoms with E-state index in [-0.39, 0.29) is 43.5 Å². The summed E-state index contributed by atoms with van der Waals surface area (Å²) in [7, 11) is 3.15. The number of halogens is 2. The summed E-state index contributed by atoms with van der Waals surface area (Å²) in [5, 5.41) is 5.08. The molecule has 2 N–H and O–H groups in total. The summed E-state index contributed by atoms with van der Waals surface area (Å²) in [6.45, 7) is 22.5. The summed E-state index contributed by atoms with van der Waals surface area (Å²) in [4.78, 5) is 77.2. The Bertz CT molecular complexity index is 2530. The normalized spacial score (nSPS) is 21.2. The zero-order valence-corrected chi connectivity index (χ0v) is 41.6. The number of carbonyl (C=O) groups excluding carboxylic acids is 5. The van der Waals surface area contributed by atoms with Crippen molar-refractivity contribution in [3.63, 3.8) is 0 Å². The van der Waals surface area contributed by atoms with Crippen molar-refractivity contribution in [1.82, 2.24) is 30.1 Å². The van der Waals surface area contributed by atoms with Crippen molar-refractivity contribution in [3.05, 3.63) is 89.8 Å². The number of likely N-dealkylation sites (tertiary alicyclic amines) is 1. The van der Waals surface area contributed by atoms with Gasteiger partial charge in [-0.25, -0.2) is 14.2 Å². The number of methoxy groups -OCH3 is 1. The van der Waals surface area contributed by atoms with Crippen LogP contribution in [-0.2, 0) is 52.8 Å². The molecule has 0 saturated carbocycles. The molecule has 372 valence electrons. The van der Waals surface area contributed by atoms with Gasteiger partial charge >= 0.3 is 5.97 Å². The number of alkyl halides is 2. The van der Waals surface area contributed by atoms with Crippen LogP contribution in [0.4, 0.5) is 8.78 Å². The summed E-state index contributed by atoms with van der Waals surface area (Å²) in [5.41, 5.74) is 7.77. The number of likely N-dealkylation sites (N-methyl/N-ethyl adjacent to an activating group) is 1. The number of nitrogens with zero attached hydrogens (tertiary/aromatic N) is 5. The molecular formula is C53H69F2N7O7. The molecule has 1 aromatic heterocycles. The highest BCUT2D eigenvalue weighted by Gasteiger charge is 2.40. The van der Waals surface area contributed by atoms with Crippen molar-refractivity contribution in [2.45, 2.75) is 118 Å². The standard InChI is InChI=1S/C53H69F2N7O7/c1-12-38(45(56-14-3)32(7)68-11)47-40-28-53(8,9)30-69-52(67)41-17-16-21-62(58-41)51(66)42(57-49(64)46(31(5)6)59(10)50(65)35-20-22-60(29-35)44(63)13-2)25-33-23-36(26-37(24-33)48(54)55)34-18-19-43(39(40)27-34)61(47)15-4/h12-14,18-19,23-24,26-27,31-32,35,41-42,46,48,58H,1-2,15-17,20-22,25,28-30H2,3-11H3,(H,57,64)/b45-38+,56-14?/t32-,35-,41-,42-,46-/m0/s1. The number of hydrogen-bond donors (Lipinski definition) is 2. The summed E-state index contributed by atoms with van der Waals surface area (Å²) in [6, 6.07) is 7.17. The van der Waals surface area contributed by atoms with Gasteiger partial charge in [0.1, 0.15) is 18.1 Å². The van der Waals surface area contributed by atoms with Crippen molar-refractivity contribution in [2.75, 3.05) is 40.4 Å². The molecule has 2 fully saturated rings. The van der Waals surface area contributed by atoms with Gasteiger partial charge in [0.05, 0.1) is 30.0 Å². The van der Waals surface area contributed by atoms with Crippen molar-refractivity contribution in [1.29, 1.82) is 0 Å². The minimum absolute atomic E-state index is 0.0300. The lowest BCUT2D eigenvalue weighted by atomic mass is 9.84. The van der Waals surface area contributed by atoms with Crippen LogP contribution >= 0.6 is 0 Å². The number of cyclic esters (lactones) is 1. The zero-order chi connectivity index (χ0) is 50.5. The van der Waals surface area contributed by atoms with Gasteiger partial charge in [0, 0.05) is 80.4 Å². The third-order valence-corrected chi connectivity index (χ3v) is 13.6. The van der Waals surface area contributed by atoms with Gasteiger partial charge < -0.3 is 29.2 Å². The van der Waals surface area contributed by atoms with Crippen LogP contribution in [0, 0.1) is 17.3 Å². The number of amides is 4. The molecule has 2 aromatic carbocycles. The molecule has 16 heteroatoms. The number of aromatic nitrogens is 1. The maximum atomic E-state index is 15.0. The molecule has 4 amide bonds. The first-order chi connectivity index (χ1) is 32.8. The topological polar surface area (TPSA) is 155 Å². The number of fused-ring (bicyclic) bond motifs is 6. The molecule has 0 spiro atoms. The largest absolute Gasteiger partial charge is 0.464 e. The predicted octanol–water partition coefficient (Wildman–Crippen LogP) is 7.45. The number of allylic oxidation sites excluding steroid dienone is 2. The monoisotopic (exact) mass is 954 g/mol. The molecule has 3 aromatic rings. The smallest absolute Gasteiger partial charge is 0.324 e. The first kappa shape index (κ1) is 52.4. The Labute approximate surface area is 404 Å². The lowest BCUT2D eigenvalue weighted by Crippen LogP contribution is -2.62. The summed E-state index contributed by atoms with van der Waals surface area (Å²) < 4.78 is 44.1. The molecule has 3 aliphatic heterocycles. The van der Waals surface area contributed by atoms with Gasteiger partial charge in [-0.05, 0) is 98.9 Å². The number of rotatable bonds is 13. The van der Waals surface area contributed by atoms with E-state index < -0.39 is 65.7 Å². The number of nitrogens with one attached hydrogen (secondary N) is 2. The molecule has 4 heterocycles. The number of hydrogen-bond acceptors (Lipinski definition) is 9. The van der Waals surface area contributed by atoms with E-state index in [1.807, 2.05) is 52.8 Å². The second kappa shape index (κ2) is 22.2. The van der Waals surface area contributed by atoms with Crippen LogP contribution in [-0.4, -0.2) is 120 Å². The van der Waals surface area contributed by atoms with Crippen molar-refractivity contribution in [2.24, 2.45) is 22.2 Å². The van der Waals surface area contributed by atoms with E-state index >= 15 is 8.78 Å². The Balaban J connectivity index is 1.50. The minimum atomic E-state index is -2.87. The minimum Gasteiger partial charge on any atom is -0.464 e. The number of esters is 1. The highest BCUT2D eigenvalue weighted by molar-refractivity contribution is 5.96. The fourth-order valence-electron chi connectivity index (χ4n) is 10.0. The molecule has 2 saturated heterocycles. The quantitative estimate of drug-likeness (QED) is 0.0776. The molecule has 0 radical (unpaired) electrons. The molecule has 0 aliphatic carbocycles. The molecule has 0 unspecified atom stereocenters. The highest BCUT2D eigenvalue weighted by Crippen LogP contribution is 2.41. The second-order valence-corrected chi connectivity index (χ2v) is 19.5. The lowest BCUT2D eigenvalue weighted by molar-refractivity contribution is -0.155. The molecule has 14 nitrogen and oxygen atoms in total. The van der Waals surface area contributed by atoms with Crippen LogP contribution in [0.15, 0.2) is 72.4 Å². The van der Waals surface area contributed by atoms with Crippen LogP contribution in [0.2, 0.25) is 0 Å². The zero-order valence-electron chi connectivity index (χ0n) is 41.6. The van der Waals surface area contributed by atoms with E-state index in [0.717, 1.165) is 27.7 Å². The van der Waals surface area contributed by atoms with Gasteiger partial charge in [-0.3, -0.25) is 34.0 Å². The number of carbonyl (C=O) groups is 5. The van der Waals surface area contributed by atoms with E-state index in [2.05, 4.69) is 28.5 Å². The number of benzene rings is 2. The van der Waals surface area contributed by atoms with Crippen LogP contribution in [0.25, 0.3) is 27.6 Å². The van der Waals surface area contributed by atoms with Crippen LogP contribution in [0.1, 0.15) is 96.5 Å². The third-order valence-electron chi connectivity index (χ3n) is 13.6. The first-order valence-electron chi connectivity index (χ1n) is 24.0.